The van der Waals surface area contributed by atoms with Crippen LogP contribution in [0, 0.1) is 11.6 Å². The van der Waals surface area contributed by atoms with Crippen LogP contribution in [0.3, 0.4) is 0 Å². The molecule has 2 aromatic carbocycles. The highest BCUT2D eigenvalue weighted by Crippen LogP contribution is 2.54. The van der Waals surface area contributed by atoms with E-state index in [4.69, 9.17) is 9.66 Å². The zero-order valence-electron chi connectivity index (χ0n) is 13.3. The minimum Gasteiger partial charge on any atom is -0.339 e. The van der Waals surface area contributed by atoms with Gasteiger partial charge in [0, 0.05) is 5.92 Å². The lowest BCUT2D eigenvalue weighted by atomic mass is 10.1. The van der Waals surface area contributed by atoms with Gasteiger partial charge in [0.1, 0.15) is 11.6 Å². The first-order valence-electron chi connectivity index (χ1n) is 7.75. The summed E-state index contributed by atoms with van der Waals surface area (Å²) in [7, 11) is -3.74. The molecule has 1 aliphatic carbocycles. The topological polar surface area (TPSA) is 99.1 Å². The first kappa shape index (κ1) is 16.8. The first-order chi connectivity index (χ1) is 12.3. The molecule has 0 amide bonds. The van der Waals surface area contributed by atoms with Crippen LogP contribution in [0.2, 0.25) is 0 Å². The number of nitrogens with two attached hydrogens (primary N) is 1. The fraction of sp³-hybridized carbons (Fsp3) is 0.176. The van der Waals surface area contributed by atoms with Crippen LogP contribution in [0.1, 0.15) is 29.7 Å². The zero-order valence-corrected chi connectivity index (χ0v) is 14.1. The van der Waals surface area contributed by atoms with E-state index in [1.807, 2.05) is 0 Å². The number of nitrogens with zero attached hydrogens (tertiary/aromatic N) is 2. The van der Waals surface area contributed by atoms with E-state index in [9.17, 15) is 17.2 Å². The molecular weight excluding hydrogens is 364 g/mol. The van der Waals surface area contributed by atoms with Gasteiger partial charge in [0.25, 0.3) is 0 Å². The van der Waals surface area contributed by atoms with Crippen molar-refractivity contribution in [2.75, 3.05) is 0 Å². The van der Waals surface area contributed by atoms with Gasteiger partial charge in [-0.2, -0.15) is 4.98 Å². The van der Waals surface area contributed by atoms with E-state index in [0.717, 1.165) is 24.1 Å². The third-order valence-corrected chi connectivity index (χ3v) is 5.30. The van der Waals surface area contributed by atoms with Crippen LogP contribution >= 0.6 is 0 Å². The quantitative estimate of drug-likeness (QED) is 0.754. The third-order valence-electron chi connectivity index (χ3n) is 4.37. The van der Waals surface area contributed by atoms with Gasteiger partial charge < -0.3 is 4.52 Å². The van der Waals surface area contributed by atoms with Crippen molar-refractivity contribution >= 4 is 10.0 Å². The van der Waals surface area contributed by atoms with E-state index in [-0.39, 0.29) is 28.1 Å². The number of aromatic nitrogens is 2. The van der Waals surface area contributed by atoms with E-state index in [0.29, 0.717) is 5.89 Å². The highest BCUT2D eigenvalue weighted by molar-refractivity contribution is 7.89. The Bertz CT molecular complexity index is 1060. The summed E-state index contributed by atoms with van der Waals surface area (Å²) in [6.45, 7) is 0. The molecule has 3 aromatic rings. The van der Waals surface area contributed by atoms with Crippen molar-refractivity contribution in [1.82, 2.24) is 10.1 Å². The number of benzene rings is 2. The van der Waals surface area contributed by atoms with Gasteiger partial charge in [0.2, 0.25) is 21.7 Å². The number of primary sulfonamides is 1. The minimum atomic E-state index is -3.74. The van der Waals surface area contributed by atoms with Crippen molar-refractivity contribution in [2.45, 2.75) is 23.2 Å². The highest BCUT2D eigenvalue weighted by atomic mass is 32.2. The predicted octanol–water partition coefficient (Wildman–Crippen LogP) is 2.93. The molecule has 134 valence electrons. The second-order valence-electron chi connectivity index (χ2n) is 6.12. The molecule has 0 radical (unpaired) electrons. The third kappa shape index (κ3) is 2.99. The summed E-state index contributed by atoms with van der Waals surface area (Å²) in [6.07, 6.45) is 0.718. The molecule has 0 spiro atoms. The normalized spacial score (nSPS) is 19.5. The molecule has 0 bridgehead atoms. The van der Waals surface area contributed by atoms with Gasteiger partial charge in [0.15, 0.2) is 0 Å². The standard InChI is InChI=1S/C17H13F2N3O3S/c18-13-2-1-3-14(19)15(13)16-21-17(25-22-16)12-8-11(12)9-4-6-10(7-5-9)26(20,23)24/h1-7,11-12H,8H2,(H2,20,23,24)/t11-,12+/m0/s1. The summed E-state index contributed by atoms with van der Waals surface area (Å²) in [5.41, 5.74) is 0.580. The molecule has 0 unspecified atom stereocenters. The maximum absolute atomic E-state index is 13.8. The molecular formula is C17H13F2N3O3S. The molecule has 6 nitrogen and oxygen atoms in total. The molecule has 9 heteroatoms. The molecule has 2 atom stereocenters. The first-order valence-corrected chi connectivity index (χ1v) is 9.30. The molecule has 1 aliphatic rings. The van der Waals surface area contributed by atoms with Crippen molar-refractivity contribution in [3.8, 4) is 11.4 Å². The van der Waals surface area contributed by atoms with E-state index >= 15 is 0 Å². The molecule has 26 heavy (non-hydrogen) atoms. The summed E-state index contributed by atoms with van der Waals surface area (Å²) >= 11 is 0. The lowest BCUT2D eigenvalue weighted by molar-refractivity contribution is 0.378. The summed E-state index contributed by atoms with van der Waals surface area (Å²) in [6, 6.07) is 9.75. The Labute approximate surface area is 147 Å². The van der Waals surface area contributed by atoms with Crippen LogP contribution in [0.4, 0.5) is 8.78 Å². The predicted molar refractivity (Wildman–Crippen MR) is 87.6 cm³/mol. The van der Waals surface area contributed by atoms with Crippen molar-refractivity contribution in [1.29, 1.82) is 0 Å². The Balaban J connectivity index is 1.55. The molecule has 1 aromatic heterocycles. The van der Waals surface area contributed by atoms with Crippen molar-refractivity contribution in [3.05, 3.63) is 65.6 Å². The fourth-order valence-corrected chi connectivity index (χ4v) is 3.46. The molecule has 1 heterocycles. The van der Waals surface area contributed by atoms with E-state index in [1.165, 1.54) is 18.2 Å². The number of hydrogen-bond acceptors (Lipinski definition) is 5. The summed E-state index contributed by atoms with van der Waals surface area (Å²) in [5, 5.41) is 8.76. The SMILES string of the molecule is NS(=O)(=O)c1ccc([C@@H]2C[C@H]2c2nc(-c3c(F)cccc3F)no2)cc1. The number of halogens is 2. The zero-order chi connectivity index (χ0) is 18.5. The van der Waals surface area contributed by atoms with Gasteiger partial charge in [-0.05, 0) is 42.2 Å². The maximum Gasteiger partial charge on any atom is 0.238 e. The van der Waals surface area contributed by atoms with Crippen molar-refractivity contribution < 1.29 is 21.7 Å². The molecule has 0 saturated heterocycles. The summed E-state index contributed by atoms with van der Waals surface area (Å²) in [5.74, 6) is -1.37. The van der Waals surface area contributed by atoms with Crippen LogP contribution in [-0.2, 0) is 10.0 Å². The largest absolute Gasteiger partial charge is 0.339 e. The average molecular weight is 377 g/mol. The Morgan fingerprint density at radius 3 is 2.31 bits per heavy atom. The monoisotopic (exact) mass is 377 g/mol. The van der Waals surface area contributed by atoms with E-state index in [1.54, 1.807) is 12.1 Å². The van der Waals surface area contributed by atoms with Crippen LogP contribution in [0.15, 0.2) is 51.9 Å². The smallest absolute Gasteiger partial charge is 0.238 e. The van der Waals surface area contributed by atoms with Gasteiger partial charge in [-0.15, -0.1) is 0 Å². The number of sulfonamides is 1. The molecule has 1 saturated carbocycles. The summed E-state index contributed by atoms with van der Waals surface area (Å²) in [4.78, 5) is 4.16. The van der Waals surface area contributed by atoms with Gasteiger partial charge in [-0.1, -0.05) is 23.4 Å². The molecule has 4 rings (SSSR count). The van der Waals surface area contributed by atoms with Gasteiger partial charge in [0.05, 0.1) is 10.5 Å². The molecule has 2 N–H and O–H groups in total. The highest BCUT2D eigenvalue weighted by Gasteiger charge is 2.44. The Morgan fingerprint density at radius 1 is 1.04 bits per heavy atom. The Morgan fingerprint density at radius 2 is 1.69 bits per heavy atom. The lowest BCUT2D eigenvalue weighted by Crippen LogP contribution is -2.11. The Kier molecular flexibility index (Phi) is 3.85. The second-order valence-corrected chi connectivity index (χ2v) is 7.68. The number of rotatable bonds is 4. The number of hydrogen-bond donors (Lipinski definition) is 1. The van der Waals surface area contributed by atoms with Crippen molar-refractivity contribution in [3.63, 3.8) is 0 Å². The maximum atomic E-state index is 13.8. The van der Waals surface area contributed by atoms with Gasteiger partial charge in [-0.25, -0.2) is 22.3 Å². The van der Waals surface area contributed by atoms with Gasteiger partial charge in [-0.3, -0.25) is 0 Å². The van der Waals surface area contributed by atoms with E-state index < -0.39 is 21.7 Å². The van der Waals surface area contributed by atoms with Crippen LogP contribution in [0.25, 0.3) is 11.4 Å². The molecule has 0 aliphatic heterocycles. The molecule has 1 fully saturated rings. The minimum absolute atomic E-state index is 0.0357. The van der Waals surface area contributed by atoms with Crippen LogP contribution in [0.5, 0.6) is 0 Å². The summed E-state index contributed by atoms with van der Waals surface area (Å²) < 4.78 is 55.4. The lowest BCUT2D eigenvalue weighted by Gasteiger charge is -2.01. The fourth-order valence-electron chi connectivity index (χ4n) is 2.94. The van der Waals surface area contributed by atoms with Gasteiger partial charge >= 0.3 is 0 Å². The second kappa shape index (κ2) is 5.96. The van der Waals surface area contributed by atoms with Crippen LogP contribution < -0.4 is 5.14 Å². The van der Waals surface area contributed by atoms with Crippen LogP contribution in [-0.4, -0.2) is 18.6 Å². The van der Waals surface area contributed by atoms with E-state index in [2.05, 4.69) is 10.1 Å². The van der Waals surface area contributed by atoms with Crippen molar-refractivity contribution in [2.24, 2.45) is 5.14 Å². The average Bonchev–Trinajstić information content (AvgIpc) is 3.25. The Hall–Kier alpha value is -2.65.